The van der Waals surface area contributed by atoms with Gasteiger partial charge < -0.3 is 20.0 Å². The monoisotopic (exact) mass is 417 g/mol. The molecule has 10 heteroatoms. The Bertz CT molecular complexity index is 829. The van der Waals surface area contributed by atoms with Crippen LogP contribution in [-0.2, 0) is 12.7 Å². The minimum Gasteiger partial charge on any atom is -0.467 e. The SMILES string of the molecule is Cl.NCc1cc(C(=O)N2CCN(C(=O)c3ccc(C(F)(F)F)cc3)CC2)co1. The molecule has 1 aromatic carbocycles. The first kappa shape index (κ1) is 21.8. The Kier molecular flexibility index (Phi) is 6.73. The number of furan rings is 1. The molecule has 0 aliphatic carbocycles. The molecule has 1 aliphatic rings. The van der Waals surface area contributed by atoms with Gasteiger partial charge in [0.25, 0.3) is 11.8 Å². The number of nitrogens with zero attached hydrogens (tertiary/aromatic N) is 2. The van der Waals surface area contributed by atoms with Crippen LogP contribution in [0.5, 0.6) is 0 Å². The summed E-state index contributed by atoms with van der Waals surface area (Å²) in [6.45, 7) is 1.45. The lowest BCUT2D eigenvalue weighted by atomic mass is 10.1. The van der Waals surface area contributed by atoms with Gasteiger partial charge in [-0.2, -0.15) is 13.2 Å². The fraction of sp³-hybridized carbons (Fsp3) is 0.333. The topological polar surface area (TPSA) is 79.8 Å². The van der Waals surface area contributed by atoms with E-state index < -0.39 is 11.7 Å². The third-order valence-electron chi connectivity index (χ3n) is 4.42. The number of carbonyl (C=O) groups excluding carboxylic acids is 2. The van der Waals surface area contributed by atoms with E-state index in [-0.39, 0.29) is 36.3 Å². The molecule has 0 radical (unpaired) electrons. The van der Waals surface area contributed by atoms with Gasteiger partial charge in [-0.3, -0.25) is 9.59 Å². The van der Waals surface area contributed by atoms with Gasteiger partial charge >= 0.3 is 6.18 Å². The van der Waals surface area contributed by atoms with Gasteiger partial charge in [-0.25, -0.2) is 0 Å². The number of piperazine rings is 1. The van der Waals surface area contributed by atoms with E-state index in [9.17, 15) is 22.8 Å². The number of halogens is 4. The minimum atomic E-state index is -4.44. The van der Waals surface area contributed by atoms with Crippen LogP contribution in [0.25, 0.3) is 0 Å². The predicted octanol–water partition coefficient (Wildman–Crippen LogP) is 2.78. The molecule has 1 aliphatic heterocycles. The number of hydrogen-bond donors (Lipinski definition) is 1. The number of nitrogens with two attached hydrogens (primary N) is 1. The van der Waals surface area contributed by atoms with Crippen LogP contribution in [0.4, 0.5) is 13.2 Å². The molecule has 0 spiro atoms. The molecule has 28 heavy (non-hydrogen) atoms. The van der Waals surface area contributed by atoms with Crippen molar-refractivity contribution in [1.29, 1.82) is 0 Å². The minimum absolute atomic E-state index is 0. The van der Waals surface area contributed by atoms with Gasteiger partial charge in [0, 0.05) is 31.7 Å². The fourth-order valence-corrected chi connectivity index (χ4v) is 2.88. The van der Waals surface area contributed by atoms with E-state index in [1.807, 2.05) is 0 Å². The van der Waals surface area contributed by atoms with Gasteiger partial charge in [0.1, 0.15) is 12.0 Å². The van der Waals surface area contributed by atoms with Crippen molar-refractivity contribution in [3.05, 3.63) is 59.0 Å². The Morgan fingerprint density at radius 1 is 0.964 bits per heavy atom. The van der Waals surface area contributed by atoms with Crippen molar-refractivity contribution in [2.75, 3.05) is 26.2 Å². The maximum absolute atomic E-state index is 12.6. The molecule has 0 saturated carbocycles. The highest BCUT2D eigenvalue weighted by Crippen LogP contribution is 2.29. The third-order valence-corrected chi connectivity index (χ3v) is 4.42. The molecule has 2 aromatic rings. The molecular weight excluding hydrogens is 399 g/mol. The lowest BCUT2D eigenvalue weighted by Crippen LogP contribution is -2.50. The Morgan fingerprint density at radius 3 is 1.89 bits per heavy atom. The summed E-state index contributed by atoms with van der Waals surface area (Å²) in [4.78, 5) is 28.0. The molecule has 1 aromatic heterocycles. The number of rotatable bonds is 3. The van der Waals surface area contributed by atoms with Crippen LogP contribution in [0.15, 0.2) is 41.0 Å². The lowest BCUT2D eigenvalue weighted by Gasteiger charge is -2.34. The molecule has 6 nitrogen and oxygen atoms in total. The number of hydrogen-bond acceptors (Lipinski definition) is 4. The number of amides is 2. The molecule has 2 N–H and O–H groups in total. The zero-order valence-corrected chi connectivity index (χ0v) is 15.6. The van der Waals surface area contributed by atoms with Crippen molar-refractivity contribution in [1.82, 2.24) is 9.80 Å². The standard InChI is InChI=1S/C18H18F3N3O3.ClH/c19-18(20,21)14-3-1-12(2-4-14)16(25)23-5-7-24(8-6-23)17(26)13-9-15(10-22)27-11-13;/h1-4,9,11H,5-8,10,22H2;1H. The van der Waals surface area contributed by atoms with Gasteiger partial charge in [-0.1, -0.05) is 0 Å². The summed E-state index contributed by atoms with van der Waals surface area (Å²) in [6.07, 6.45) is -3.09. The second kappa shape index (κ2) is 8.66. The number of alkyl halides is 3. The molecule has 2 amide bonds. The summed E-state index contributed by atoms with van der Waals surface area (Å²) < 4.78 is 43.0. The van der Waals surface area contributed by atoms with Gasteiger partial charge in [0.15, 0.2) is 0 Å². The van der Waals surface area contributed by atoms with Crippen molar-refractivity contribution >= 4 is 24.2 Å². The second-order valence-corrected chi connectivity index (χ2v) is 6.17. The summed E-state index contributed by atoms with van der Waals surface area (Å²) in [5.74, 6) is -0.0564. The van der Waals surface area contributed by atoms with Gasteiger partial charge in [-0.05, 0) is 30.3 Å². The molecular formula is C18H19ClF3N3O3. The average Bonchev–Trinajstić information content (AvgIpc) is 3.15. The zero-order valence-electron chi connectivity index (χ0n) is 14.7. The van der Waals surface area contributed by atoms with E-state index in [1.165, 1.54) is 23.3 Å². The van der Waals surface area contributed by atoms with E-state index >= 15 is 0 Å². The average molecular weight is 418 g/mol. The van der Waals surface area contributed by atoms with Crippen LogP contribution < -0.4 is 5.73 Å². The van der Waals surface area contributed by atoms with Gasteiger partial charge in [0.2, 0.25) is 0 Å². The largest absolute Gasteiger partial charge is 0.467 e. The van der Waals surface area contributed by atoms with Crippen LogP contribution >= 0.6 is 12.4 Å². The summed E-state index contributed by atoms with van der Waals surface area (Å²) in [5, 5.41) is 0. The number of carbonyl (C=O) groups is 2. The van der Waals surface area contributed by atoms with Gasteiger partial charge in [0.05, 0.1) is 17.7 Å². The Hall–Kier alpha value is -2.52. The lowest BCUT2D eigenvalue weighted by molar-refractivity contribution is -0.137. The Balaban J connectivity index is 0.00000280. The highest BCUT2D eigenvalue weighted by molar-refractivity contribution is 5.96. The first-order valence-corrected chi connectivity index (χ1v) is 8.33. The van der Waals surface area contributed by atoms with Crippen LogP contribution in [0.3, 0.4) is 0 Å². The first-order chi connectivity index (χ1) is 12.8. The summed E-state index contributed by atoms with van der Waals surface area (Å²) >= 11 is 0. The van der Waals surface area contributed by atoms with Crippen molar-refractivity contribution in [3.63, 3.8) is 0 Å². The maximum atomic E-state index is 12.6. The highest BCUT2D eigenvalue weighted by atomic mass is 35.5. The molecule has 152 valence electrons. The fourth-order valence-electron chi connectivity index (χ4n) is 2.88. The van der Waals surface area contributed by atoms with Crippen molar-refractivity contribution in [3.8, 4) is 0 Å². The maximum Gasteiger partial charge on any atom is 0.416 e. The molecule has 2 heterocycles. The van der Waals surface area contributed by atoms with E-state index in [4.69, 9.17) is 10.2 Å². The van der Waals surface area contributed by atoms with Crippen LogP contribution in [-0.4, -0.2) is 47.8 Å². The molecule has 3 rings (SSSR count). The zero-order chi connectivity index (χ0) is 19.6. The molecule has 0 unspecified atom stereocenters. The predicted molar refractivity (Wildman–Crippen MR) is 97.1 cm³/mol. The van der Waals surface area contributed by atoms with E-state index in [2.05, 4.69) is 0 Å². The first-order valence-electron chi connectivity index (χ1n) is 8.33. The van der Waals surface area contributed by atoms with E-state index in [1.54, 1.807) is 11.0 Å². The van der Waals surface area contributed by atoms with Crippen molar-refractivity contribution < 1.29 is 27.2 Å². The normalized spacial score (nSPS) is 14.6. The Morgan fingerprint density at radius 2 is 1.46 bits per heavy atom. The summed E-state index contributed by atoms with van der Waals surface area (Å²) in [7, 11) is 0. The third kappa shape index (κ3) is 4.66. The number of benzene rings is 1. The summed E-state index contributed by atoms with van der Waals surface area (Å²) in [6, 6.07) is 5.70. The molecule has 1 saturated heterocycles. The smallest absolute Gasteiger partial charge is 0.416 e. The molecule has 0 atom stereocenters. The quantitative estimate of drug-likeness (QED) is 0.832. The van der Waals surface area contributed by atoms with Crippen molar-refractivity contribution in [2.24, 2.45) is 5.73 Å². The van der Waals surface area contributed by atoms with Crippen LogP contribution in [0, 0.1) is 0 Å². The van der Waals surface area contributed by atoms with Gasteiger partial charge in [-0.15, -0.1) is 12.4 Å². The van der Waals surface area contributed by atoms with Crippen molar-refractivity contribution in [2.45, 2.75) is 12.7 Å². The molecule has 0 bridgehead atoms. The molecule has 1 fully saturated rings. The van der Waals surface area contributed by atoms with Crippen LogP contribution in [0.1, 0.15) is 32.0 Å². The van der Waals surface area contributed by atoms with E-state index in [0.717, 1.165) is 12.1 Å². The highest BCUT2D eigenvalue weighted by Gasteiger charge is 2.31. The summed E-state index contributed by atoms with van der Waals surface area (Å²) in [5.41, 5.74) is 5.24. The van der Waals surface area contributed by atoms with E-state index in [0.29, 0.717) is 37.5 Å². The van der Waals surface area contributed by atoms with Crippen LogP contribution in [0.2, 0.25) is 0 Å². The Labute approximate surface area is 165 Å². The second-order valence-electron chi connectivity index (χ2n) is 6.17.